The quantitative estimate of drug-likeness (QED) is 0.577. The van der Waals surface area contributed by atoms with Crippen LogP contribution in [0.25, 0.3) is 0 Å². The molecule has 0 saturated heterocycles. The molecular formula is C16H23NO2. The highest BCUT2D eigenvalue weighted by Crippen LogP contribution is 2.05. The van der Waals surface area contributed by atoms with Crippen molar-refractivity contribution in [1.29, 1.82) is 0 Å². The molecule has 0 aromatic heterocycles. The van der Waals surface area contributed by atoms with Crippen LogP contribution in [0, 0.1) is 0 Å². The van der Waals surface area contributed by atoms with E-state index in [0.29, 0.717) is 24.8 Å². The van der Waals surface area contributed by atoms with Gasteiger partial charge in [-0.15, -0.1) is 0 Å². The number of aryl methyl sites for hydroxylation is 1. The minimum Gasteiger partial charge on any atom is -0.463 e. The highest BCUT2D eigenvalue weighted by molar-refractivity contribution is 5.88. The lowest BCUT2D eigenvalue weighted by Gasteiger charge is -2.14. The summed E-state index contributed by atoms with van der Waals surface area (Å²) in [6, 6.07) is 10.7. The van der Waals surface area contributed by atoms with E-state index in [1.807, 2.05) is 6.07 Å². The van der Waals surface area contributed by atoms with Gasteiger partial charge in [0.25, 0.3) is 0 Å². The summed E-state index contributed by atoms with van der Waals surface area (Å²) in [5.74, 6) is -0.315. The van der Waals surface area contributed by atoms with Gasteiger partial charge in [0.2, 0.25) is 0 Å². The molecule has 1 rings (SSSR count). The maximum atomic E-state index is 11.4. The molecule has 1 aromatic carbocycles. The average Bonchev–Trinajstić information content (AvgIpc) is 2.43. The van der Waals surface area contributed by atoms with Crippen molar-refractivity contribution in [3.05, 3.63) is 48.0 Å². The summed E-state index contributed by atoms with van der Waals surface area (Å²) in [5.41, 5.74) is 1.81. The first-order chi connectivity index (χ1) is 9.13. The second kappa shape index (κ2) is 8.48. The fourth-order valence-corrected chi connectivity index (χ4v) is 1.73. The number of rotatable bonds is 8. The maximum Gasteiger partial charge on any atom is 0.334 e. The minimum absolute atomic E-state index is 0.315. The number of hydrogen-bond donors (Lipinski definition) is 1. The van der Waals surface area contributed by atoms with Crippen molar-refractivity contribution >= 4 is 5.97 Å². The van der Waals surface area contributed by atoms with Crippen LogP contribution >= 0.6 is 0 Å². The van der Waals surface area contributed by atoms with Gasteiger partial charge in [-0.25, -0.2) is 4.79 Å². The highest BCUT2D eigenvalue weighted by atomic mass is 16.5. The Labute approximate surface area is 115 Å². The maximum absolute atomic E-state index is 11.4. The molecule has 0 heterocycles. The van der Waals surface area contributed by atoms with Gasteiger partial charge in [-0.3, -0.25) is 0 Å². The van der Waals surface area contributed by atoms with Crippen LogP contribution in [0.3, 0.4) is 0 Å². The topological polar surface area (TPSA) is 38.3 Å². The smallest absolute Gasteiger partial charge is 0.334 e. The van der Waals surface area contributed by atoms with Gasteiger partial charge in [-0.1, -0.05) is 36.9 Å². The van der Waals surface area contributed by atoms with Crippen molar-refractivity contribution in [3.63, 3.8) is 0 Å². The summed E-state index contributed by atoms with van der Waals surface area (Å²) in [4.78, 5) is 11.4. The average molecular weight is 261 g/mol. The molecule has 0 aliphatic rings. The summed E-state index contributed by atoms with van der Waals surface area (Å²) in [6.45, 7) is 8.50. The predicted octanol–water partition coefficient (Wildman–Crippen LogP) is 2.72. The first kappa shape index (κ1) is 15.4. The predicted molar refractivity (Wildman–Crippen MR) is 78.0 cm³/mol. The molecule has 0 aliphatic heterocycles. The standard InChI is InChI=1S/C16H23NO2/c1-4-19-16(18)13(2)12-17-14(3)10-11-15-8-6-5-7-9-15/h5-9,14,17H,2,4,10-12H2,1,3H3. The largest absolute Gasteiger partial charge is 0.463 e. The molecule has 3 nitrogen and oxygen atoms in total. The van der Waals surface area contributed by atoms with Crippen LogP contribution in [0.15, 0.2) is 42.5 Å². The Morgan fingerprint density at radius 2 is 2.05 bits per heavy atom. The van der Waals surface area contributed by atoms with Crippen molar-refractivity contribution < 1.29 is 9.53 Å². The van der Waals surface area contributed by atoms with Gasteiger partial charge in [0.15, 0.2) is 0 Å². The fourth-order valence-electron chi connectivity index (χ4n) is 1.73. The Balaban J connectivity index is 2.23. The van der Waals surface area contributed by atoms with E-state index in [9.17, 15) is 4.79 Å². The molecule has 0 bridgehead atoms. The first-order valence-electron chi connectivity index (χ1n) is 6.75. The van der Waals surface area contributed by atoms with E-state index in [1.165, 1.54) is 5.56 Å². The number of carbonyl (C=O) groups excluding carboxylic acids is 1. The van der Waals surface area contributed by atoms with E-state index >= 15 is 0 Å². The van der Waals surface area contributed by atoms with Crippen molar-refractivity contribution in [2.45, 2.75) is 32.7 Å². The van der Waals surface area contributed by atoms with Crippen molar-refractivity contribution in [2.24, 2.45) is 0 Å². The number of esters is 1. The molecule has 1 N–H and O–H groups in total. The third-order valence-electron chi connectivity index (χ3n) is 2.94. The number of ether oxygens (including phenoxy) is 1. The summed E-state index contributed by atoms with van der Waals surface area (Å²) < 4.78 is 4.89. The van der Waals surface area contributed by atoms with E-state index in [2.05, 4.69) is 43.1 Å². The Kier molecular flexibility index (Phi) is 6.90. The van der Waals surface area contributed by atoms with Gasteiger partial charge < -0.3 is 10.1 Å². The summed E-state index contributed by atoms with van der Waals surface area (Å²) >= 11 is 0. The molecule has 1 unspecified atom stereocenters. The van der Waals surface area contributed by atoms with Crippen molar-refractivity contribution in [2.75, 3.05) is 13.2 Å². The van der Waals surface area contributed by atoms with Gasteiger partial charge >= 0.3 is 5.97 Å². The lowest BCUT2D eigenvalue weighted by atomic mass is 10.1. The minimum atomic E-state index is -0.315. The van der Waals surface area contributed by atoms with Crippen molar-refractivity contribution in [1.82, 2.24) is 5.32 Å². The zero-order chi connectivity index (χ0) is 14.1. The number of hydrogen-bond acceptors (Lipinski definition) is 3. The molecule has 1 atom stereocenters. The fraction of sp³-hybridized carbons (Fsp3) is 0.438. The molecule has 0 saturated carbocycles. The normalized spacial score (nSPS) is 11.9. The Hall–Kier alpha value is -1.61. The molecule has 1 aromatic rings. The number of benzene rings is 1. The van der Waals surface area contributed by atoms with Gasteiger partial charge in [0, 0.05) is 18.2 Å². The monoisotopic (exact) mass is 261 g/mol. The Morgan fingerprint density at radius 1 is 1.37 bits per heavy atom. The van der Waals surface area contributed by atoms with Crippen LogP contribution in [-0.4, -0.2) is 25.2 Å². The van der Waals surface area contributed by atoms with Crippen molar-refractivity contribution in [3.8, 4) is 0 Å². The van der Waals surface area contributed by atoms with Crippen LogP contribution in [0.1, 0.15) is 25.8 Å². The van der Waals surface area contributed by atoms with Gasteiger partial charge in [-0.2, -0.15) is 0 Å². The first-order valence-corrected chi connectivity index (χ1v) is 6.75. The van der Waals surface area contributed by atoms with Crippen LogP contribution in [0.2, 0.25) is 0 Å². The van der Waals surface area contributed by atoms with Crippen LogP contribution in [-0.2, 0) is 16.0 Å². The van der Waals surface area contributed by atoms with E-state index in [1.54, 1.807) is 6.92 Å². The molecular weight excluding hydrogens is 238 g/mol. The molecule has 0 radical (unpaired) electrons. The zero-order valence-corrected chi connectivity index (χ0v) is 11.8. The third-order valence-corrected chi connectivity index (χ3v) is 2.94. The van der Waals surface area contributed by atoms with Crippen LogP contribution < -0.4 is 5.32 Å². The SMILES string of the molecule is C=C(CNC(C)CCc1ccccc1)C(=O)OCC. The lowest BCUT2D eigenvalue weighted by Crippen LogP contribution is -2.30. The van der Waals surface area contributed by atoms with Crippen LogP contribution in [0.4, 0.5) is 0 Å². The summed E-state index contributed by atoms with van der Waals surface area (Å²) in [5, 5.41) is 3.29. The van der Waals surface area contributed by atoms with Gasteiger partial charge in [0.05, 0.1) is 6.61 Å². The van der Waals surface area contributed by atoms with Crippen LogP contribution in [0.5, 0.6) is 0 Å². The third kappa shape index (κ3) is 6.20. The Bertz CT molecular complexity index is 400. The molecule has 19 heavy (non-hydrogen) atoms. The van der Waals surface area contributed by atoms with Gasteiger partial charge in [-0.05, 0) is 32.3 Å². The second-order valence-electron chi connectivity index (χ2n) is 4.63. The van der Waals surface area contributed by atoms with E-state index in [-0.39, 0.29) is 5.97 Å². The number of nitrogens with one attached hydrogen (secondary N) is 1. The van der Waals surface area contributed by atoms with E-state index in [4.69, 9.17) is 4.74 Å². The molecule has 0 fully saturated rings. The summed E-state index contributed by atoms with van der Waals surface area (Å²) in [7, 11) is 0. The Morgan fingerprint density at radius 3 is 2.68 bits per heavy atom. The van der Waals surface area contributed by atoms with Gasteiger partial charge in [0.1, 0.15) is 0 Å². The van der Waals surface area contributed by atoms with E-state index in [0.717, 1.165) is 12.8 Å². The molecule has 0 amide bonds. The second-order valence-corrected chi connectivity index (χ2v) is 4.63. The highest BCUT2D eigenvalue weighted by Gasteiger charge is 2.09. The molecule has 0 spiro atoms. The lowest BCUT2D eigenvalue weighted by molar-refractivity contribution is -0.138. The number of carbonyl (C=O) groups is 1. The molecule has 3 heteroatoms. The summed E-state index contributed by atoms with van der Waals surface area (Å²) in [6.07, 6.45) is 2.06. The van der Waals surface area contributed by atoms with E-state index < -0.39 is 0 Å². The molecule has 104 valence electrons. The molecule has 0 aliphatic carbocycles. The zero-order valence-electron chi connectivity index (χ0n) is 11.8.